The molecular weight excluding hydrogens is 218 g/mol. The summed E-state index contributed by atoms with van der Waals surface area (Å²) in [6.45, 7) is 1.40. The molecule has 2 aromatic rings. The lowest BCUT2D eigenvalue weighted by molar-refractivity contribution is -0.531. The summed E-state index contributed by atoms with van der Waals surface area (Å²) in [5.74, 6) is 0. The average molecular weight is 231 g/mol. The van der Waals surface area contributed by atoms with E-state index in [1.807, 2.05) is 30.3 Å². The molecule has 17 heavy (non-hydrogen) atoms. The first-order valence-corrected chi connectivity index (χ1v) is 5.40. The van der Waals surface area contributed by atoms with E-state index < -0.39 is 17.1 Å². The quantitative estimate of drug-likeness (QED) is 0.652. The highest BCUT2D eigenvalue weighted by atomic mass is 16.6. The third kappa shape index (κ3) is 2.26. The minimum atomic E-state index is -1.07. The van der Waals surface area contributed by atoms with Gasteiger partial charge in [-0.05, 0) is 22.4 Å². The predicted octanol–water partition coefficient (Wildman–Crippen LogP) is 2.54. The van der Waals surface area contributed by atoms with Crippen molar-refractivity contribution in [3.8, 4) is 0 Å². The molecule has 0 aliphatic carbocycles. The first-order chi connectivity index (χ1) is 8.09. The Kier molecular flexibility index (Phi) is 3.06. The van der Waals surface area contributed by atoms with Gasteiger partial charge in [-0.1, -0.05) is 36.4 Å². The van der Waals surface area contributed by atoms with Gasteiger partial charge in [0.05, 0.1) is 0 Å². The lowest BCUT2D eigenvalue weighted by Gasteiger charge is -2.13. The van der Waals surface area contributed by atoms with E-state index in [4.69, 9.17) is 0 Å². The van der Waals surface area contributed by atoms with Crippen LogP contribution in [-0.4, -0.2) is 16.1 Å². The third-order valence-electron chi connectivity index (χ3n) is 2.90. The lowest BCUT2D eigenvalue weighted by atomic mass is 10.00. The van der Waals surface area contributed by atoms with Gasteiger partial charge in [0, 0.05) is 11.8 Å². The van der Waals surface area contributed by atoms with Crippen LogP contribution in [-0.2, 0) is 0 Å². The lowest BCUT2D eigenvalue weighted by Crippen LogP contribution is -2.23. The Morgan fingerprint density at radius 2 is 1.82 bits per heavy atom. The monoisotopic (exact) mass is 231 g/mol. The zero-order chi connectivity index (χ0) is 12.4. The van der Waals surface area contributed by atoms with E-state index in [1.54, 1.807) is 12.1 Å². The van der Waals surface area contributed by atoms with Crippen LogP contribution in [0, 0.1) is 10.1 Å². The number of aliphatic hydroxyl groups excluding tert-OH is 1. The summed E-state index contributed by atoms with van der Waals surface area (Å²) in [6, 6.07) is 12.1. The third-order valence-corrected chi connectivity index (χ3v) is 2.90. The summed E-state index contributed by atoms with van der Waals surface area (Å²) in [7, 11) is 0. The zero-order valence-electron chi connectivity index (χ0n) is 9.41. The van der Waals surface area contributed by atoms with Crippen molar-refractivity contribution in [3.63, 3.8) is 0 Å². The van der Waals surface area contributed by atoms with Crippen LogP contribution < -0.4 is 0 Å². The number of aliphatic hydroxyl groups is 1. The molecule has 0 fully saturated rings. The first-order valence-electron chi connectivity index (χ1n) is 5.40. The molecule has 88 valence electrons. The van der Waals surface area contributed by atoms with Gasteiger partial charge in [-0.3, -0.25) is 10.1 Å². The molecule has 0 aromatic heterocycles. The predicted molar refractivity (Wildman–Crippen MR) is 65.4 cm³/mol. The van der Waals surface area contributed by atoms with Gasteiger partial charge >= 0.3 is 0 Å². The summed E-state index contributed by atoms with van der Waals surface area (Å²) >= 11 is 0. The number of nitro groups is 1. The number of fused-ring (bicyclic) bond motifs is 1. The number of hydrogen-bond donors (Lipinski definition) is 1. The Morgan fingerprint density at radius 1 is 1.18 bits per heavy atom. The van der Waals surface area contributed by atoms with Crippen LogP contribution in [0.4, 0.5) is 0 Å². The van der Waals surface area contributed by atoms with Gasteiger partial charge in [0.25, 0.3) is 0 Å². The summed E-state index contributed by atoms with van der Waals surface area (Å²) in [6.07, 6.45) is -1.07. The standard InChI is InChI=1S/C13H13NO3/c1-9(14(16)17)13(15)12-7-6-10-4-2-3-5-11(10)8-12/h2-9,13,15H,1H3/t9-,13+/m0/s1. The van der Waals surface area contributed by atoms with Crippen molar-refractivity contribution in [1.82, 2.24) is 0 Å². The largest absolute Gasteiger partial charge is 0.381 e. The highest BCUT2D eigenvalue weighted by Gasteiger charge is 2.25. The fourth-order valence-corrected chi connectivity index (χ4v) is 1.79. The Bertz CT molecular complexity index is 553. The number of hydrogen-bond acceptors (Lipinski definition) is 3. The highest BCUT2D eigenvalue weighted by molar-refractivity contribution is 5.83. The molecule has 0 aliphatic rings. The maximum absolute atomic E-state index is 10.6. The molecule has 0 radical (unpaired) electrons. The van der Waals surface area contributed by atoms with Gasteiger partial charge in [0.15, 0.2) is 0 Å². The Balaban J connectivity index is 2.39. The fraction of sp³-hybridized carbons (Fsp3) is 0.231. The Hall–Kier alpha value is -1.94. The average Bonchev–Trinajstić information content (AvgIpc) is 2.36. The Labute approximate surface area is 98.7 Å². The summed E-state index contributed by atoms with van der Waals surface area (Å²) < 4.78 is 0. The van der Waals surface area contributed by atoms with E-state index in [9.17, 15) is 15.2 Å². The van der Waals surface area contributed by atoms with Crippen LogP contribution in [0.2, 0.25) is 0 Å². The maximum atomic E-state index is 10.6. The second-order valence-electron chi connectivity index (χ2n) is 4.08. The van der Waals surface area contributed by atoms with E-state index in [0.717, 1.165) is 10.8 Å². The number of benzene rings is 2. The van der Waals surface area contributed by atoms with E-state index in [1.165, 1.54) is 6.92 Å². The molecule has 1 N–H and O–H groups in total. The number of rotatable bonds is 3. The molecule has 0 aliphatic heterocycles. The fourth-order valence-electron chi connectivity index (χ4n) is 1.79. The van der Waals surface area contributed by atoms with Crippen molar-refractivity contribution in [1.29, 1.82) is 0 Å². The van der Waals surface area contributed by atoms with Gasteiger partial charge < -0.3 is 5.11 Å². The van der Waals surface area contributed by atoms with Crippen molar-refractivity contribution >= 4 is 10.8 Å². The molecule has 0 saturated heterocycles. The first kappa shape index (κ1) is 11.5. The van der Waals surface area contributed by atoms with Crippen molar-refractivity contribution in [3.05, 3.63) is 58.1 Å². The SMILES string of the molecule is C[C@@H]([C@@H](O)c1ccc2ccccc2c1)[N+](=O)[O-]. The second-order valence-corrected chi connectivity index (χ2v) is 4.08. The molecule has 0 saturated carbocycles. The highest BCUT2D eigenvalue weighted by Crippen LogP contribution is 2.23. The van der Waals surface area contributed by atoms with Crippen molar-refractivity contribution in [2.45, 2.75) is 19.1 Å². The van der Waals surface area contributed by atoms with Crippen LogP contribution in [0.1, 0.15) is 18.6 Å². The summed E-state index contributed by atoms with van der Waals surface area (Å²) in [5, 5.41) is 22.5. The molecule has 2 atom stereocenters. The summed E-state index contributed by atoms with van der Waals surface area (Å²) in [4.78, 5) is 10.2. The molecule has 2 aromatic carbocycles. The Morgan fingerprint density at radius 3 is 2.47 bits per heavy atom. The van der Waals surface area contributed by atoms with Crippen LogP contribution >= 0.6 is 0 Å². The molecular formula is C13H13NO3. The van der Waals surface area contributed by atoms with E-state index in [0.29, 0.717) is 5.56 Å². The van der Waals surface area contributed by atoms with E-state index in [-0.39, 0.29) is 0 Å². The molecule has 4 heteroatoms. The zero-order valence-corrected chi connectivity index (χ0v) is 9.41. The summed E-state index contributed by atoms with van der Waals surface area (Å²) in [5.41, 5.74) is 0.577. The van der Waals surface area contributed by atoms with Gasteiger partial charge in [-0.15, -0.1) is 0 Å². The molecule has 0 amide bonds. The van der Waals surface area contributed by atoms with Crippen LogP contribution in [0.5, 0.6) is 0 Å². The van der Waals surface area contributed by atoms with E-state index in [2.05, 4.69) is 0 Å². The van der Waals surface area contributed by atoms with Crippen molar-refractivity contribution in [2.24, 2.45) is 0 Å². The minimum absolute atomic E-state index is 0.472. The minimum Gasteiger partial charge on any atom is -0.381 e. The van der Waals surface area contributed by atoms with Crippen molar-refractivity contribution in [2.75, 3.05) is 0 Å². The van der Waals surface area contributed by atoms with Gasteiger partial charge in [0.2, 0.25) is 6.04 Å². The van der Waals surface area contributed by atoms with Crippen molar-refractivity contribution < 1.29 is 10.0 Å². The topological polar surface area (TPSA) is 63.4 Å². The van der Waals surface area contributed by atoms with Crippen LogP contribution in [0.25, 0.3) is 10.8 Å². The van der Waals surface area contributed by atoms with Crippen LogP contribution in [0.3, 0.4) is 0 Å². The maximum Gasteiger partial charge on any atom is 0.239 e. The van der Waals surface area contributed by atoms with Crippen LogP contribution in [0.15, 0.2) is 42.5 Å². The molecule has 2 rings (SSSR count). The van der Waals surface area contributed by atoms with Gasteiger partial charge in [-0.25, -0.2) is 0 Å². The molecule has 4 nitrogen and oxygen atoms in total. The number of nitrogens with zero attached hydrogens (tertiary/aromatic N) is 1. The second kappa shape index (κ2) is 4.51. The molecule has 0 unspecified atom stereocenters. The molecule has 0 heterocycles. The van der Waals surface area contributed by atoms with Gasteiger partial charge in [-0.2, -0.15) is 0 Å². The van der Waals surface area contributed by atoms with E-state index >= 15 is 0 Å². The molecule has 0 spiro atoms. The molecule has 0 bridgehead atoms. The smallest absolute Gasteiger partial charge is 0.239 e. The van der Waals surface area contributed by atoms with Gasteiger partial charge in [0.1, 0.15) is 6.10 Å². The normalized spacial score (nSPS) is 14.5.